The summed E-state index contributed by atoms with van der Waals surface area (Å²) in [5, 5.41) is 16.5. The molecule has 0 aliphatic rings. The third-order valence-corrected chi connectivity index (χ3v) is 0. The van der Waals surface area contributed by atoms with E-state index in [-0.39, 0.29) is 23.9 Å². The molecule has 0 N–H and O–H groups in total. The summed E-state index contributed by atoms with van der Waals surface area (Å²) in [5.41, 5.74) is 0. The molecule has 0 aromatic carbocycles. The minimum atomic E-state index is -0.500. The van der Waals surface area contributed by atoms with Crippen molar-refractivity contribution >= 4 is 36.9 Å². The molecular weight excluding hydrogens is 255 g/mol. The van der Waals surface area contributed by atoms with Gasteiger partial charge in [0.1, 0.15) is 0 Å². The molecule has 0 heterocycles. The predicted molar refractivity (Wildman–Crippen MR) is 37.7 cm³/mol. The van der Waals surface area contributed by atoms with Crippen molar-refractivity contribution in [1.82, 2.24) is 0 Å². The fourth-order valence-corrected chi connectivity index (χ4v) is 0. The molecule has 0 aromatic heterocycles. The van der Waals surface area contributed by atoms with Crippen LogP contribution >= 0.6 is 0 Å². The van der Waals surface area contributed by atoms with Crippen molar-refractivity contribution in [1.29, 1.82) is 0 Å². The Hall–Kier alpha value is -0.781. The molecule has 11 heavy (non-hydrogen) atoms. The van der Waals surface area contributed by atoms with E-state index >= 15 is 0 Å². The Morgan fingerprint density at radius 3 is 0.909 bits per heavy atom. The van der Waals surface area contributed by atoms with Crippen LogP contribution in [0.25, 0.3) is 0 Å². The molecule has 4 radical (unpaired) electrons. The molecule has 0 aliphatic carbocycles. The molecule has 5 heteroatoms. The smallest absolute Gasteiger partial charge is 0.554 e. The zero-order valence-electron chi connectivity index (χ0n) is 5.86. The molecule has 0 spiro atoms. The number of rotatable bonds is 0. The van der Waals surface area contributed by atoms with E-state index in [1.807, 2.05) is 0 Å². The molecule has 0 aliphatic heterocycles. The third-order valence-electron chi connectivity index (χ3n) is 0. The van der Waals surface area contributed by atoms with Gasteiger partial charge in [-0.2, -0.15) is 0 Å². The molecule has 0 unspecified atom stereocenters. The monoisotopic (exact) mass is 264 g/mol. The second kappa shape index (κ2) is 419. The summed E-state index contributed by atoms with van der Waals surface area (Å²) in [6, 6.07) is 0. The molecule has 4 nitrogen and oxygen atoms in total. The number of carbonyl (C=O) groups excluding carboxylic acids is 2. The van der Waals surface area contributed by atoms with Crippen molar-refractivity contribution in [3.05, 3.63) is 26.3 Å². The predicted octanol–water partition coefficient (Wildman–Crippen LogP) is -2.44. The SMILES string of the molecule is O=C[O-].O=C[O-].[CH]=C.[CH]=C.[Sn+2]. The molecule has 0 saturated carbocycles. The summed E-state index contributed by atoms with van der Waals surface area (Å²) in [7, 11) is 0. The largest absolute Gasteiger partial charge is 2.00 e. The van der Waals surface area contributed by atoms with Crippen LogP contribution in [0.3, 0.4) is 0 Å². The third kappa shape index (κ3) is 787. The van der Waals surface area contributed by atoms with Crippen molar-refractivity contribution < 1.29 is 19.8 Å². The minimum absolute atomic E-state index is 0. The molecule has 0 fully saturated rings. The van der Waals surface area contributed by atoms with Gasteiger partial charge < -0.3 is 19.8 Å². The average Bonchev–Trinajstić information content (AvgIpc) is 1.99. The van der Waals surface area contributed by atoms with Crippen LogP contribution in [0.5, 0.6) is 0 Å². The molecule has 0 saturated heterocycles. The summed E-state index contributed by atoms with van der Waals surface area (Å²) in [4.78, 5) is 16.5. The van der Waals surface area contributed by atoms with Crippen LogP contribution in [0.1, 0.15) is 0 Å². The molecule has 0 rings (SSSR count). The zero-order chi connectivity index (χ0) is 9.41. The van der Waals surface area contributed by atoms with Crippen LogP contribution in [0.4, 0.5) is 0 Å². The fraction of sp³-hybridized carbons (Fsp3) is 0. The average molecular weight is 263 g/mol. The maximum absolute atomic E-state index is 8.25. The summed E-state index contributed by atoms with van der Waals surface area (Å²) >= 11 is 0. The minimum Gasteiger partial charge on any atom is -0.554 e. The van der Waals surface area contributed by atoms with Crippen LogP contribution in [0, 0.1) is 13.2 Å². The van der Waals surface area contributed by atoms with Crippen molar-refractivity contribution in [2.45, 2.75) is 0 Å². The second-order valence-electron chi connectivity index (χ2n) is 0.192. The standard InChI is InChI=1S/2C2H3.2CH2O2.Sn/c2*1-2;2*2-1-3;/h2*1H,2H2;2*1H,(H,2,3);/q;;;;+2/p-2. The first-order valence-corrected chi connectivity index (χ1v) is 1.76. The van der Waals surface area contributed by atoms with Crippen molar-refractivity contribution in [2.75, 3.05) is 0 Å². The summed E-state index contributed by atoms with van der Waals surface area (Å²) in [5.74, 6) is 0. The van der Waals surface area contributed by atoms with Gasteiger partial charge >= 0.3 is 23.9 Å². The fourth-order valence-electron chi connectivity index (χ4n) is 0. The van der Waals surface area contributed by atoms with Gasteiger partial charge in [-0.1, -0.05) is 26.3 Å². The van der Waals surface area contributed by atoms with Crippen LogP contribution in [-0.4, -0.2) is 36.9 Å². The van der Waals surface area contributed by atoms with E-state index < -0.39 is 12.9 Å². The van der Waals surface area contributed by atoms with E-state index in [4.69, 9.17) is 19.8 Å². The van der Waals surface area contributed by atoms with Gasteiger partial charge in [0.15, 0.2) is 0 Å². The molecule has 0 aromatic rings. The van der Waals surface area contributed by atoms with Gasteiger partial charge in [-0.3, -0.25) is 0 Å². The van der Waals surface area contributed by atoms with Gasteiger partial charge in [0.05, 0.1) is 0 Å². The second-order valence-corrected chi connectivity index (χ2v) is 0.192. The summed E-state index contributed by atoms with van der Waals surface area (Å²) < 4.78 is 0. The first-order chi connectivity index (χ1) is 4.83. The normalized spacial score (nSPS) is 2.91. The van der Waals surface area contributed by atoms with Gasteiger partial charge in [-0.25, -0.2) is 0 Å². The van der Waals surface area contributed by atoms with E-state index in [0.29, 0.717) is 0 Å². The topological polar surface area (TPSA) is 80.3 Å². The number of hydrogen-bond donors (Lipinski definition) is 0. The number of hydrogen-bond acceptors (Lipinski definition) is 4. The molecule has 0 bridgehead atoms. The van der Waals surface area contributed by atoms with Crippen molar-refractivity contribution in [2.24, 2.45) is 0 Å². The first kappa shape index (κ1) is 31.9. The van der Waals surface area contributed by atoms with Gasteiger partial charge in [0, 0.05) is 12.9 Å². The Morgan fingerprint density at radius 1 is 0.909 bits per heavy atom. The summed E-state index contributed by atoms with van der Waals surface area (Å²) in [6.07, 6.45) is 0. The van der Waals surface area contributed by atoms with Gasteiger partial charge in [-0.05, 0) is 0 Å². The van der Waals surface area contributed by atoms with E-state index in [9.17, 15) is 0 Å². The maximum atomic E-state index is 8.25. The van der Waals surface area contributed by atoms with Crippen LogP contribution in [-0.2, 0) is 9.59 Å². The summed E-state index contributed by atoms with van der Waals surface area (Å²) in [6.45, 7) is 13.0. The van der Waals surface area contributed by atoms with Gasteiger partial charge in [0.25, 0.3) is 0 Å². The van der Waals surface area contributed by atoms with Crippen molar-refractivity contribution in [3.63, 3.8) is 0 Å². The van der Waals surface area contributed by atoms with Gasteiger partial charge in [0.2, 0.25) is 0 Å². The maximum Gasteiger partial charge on any atom is 2.00 e. The Kier molecular flexibility index (Phi) is 1220. The molecule has 0 amide bonds. The van der Waals surface area contributed by atoms with Crippen LogP contribution < -0.4 is 10.2 Å². The van der Waals surface area contributed by atoms with Crippen molar-refractivity contribution in [3.8, 4) is 0 Å². The van der Waals surface area contributed by atoms with E-state index in [1.54, 1.807) is 0 Å². The van der Waals surface area contributed by atoms with Crippen LogP contribution in [0.15, 0.2) is 13.2 Å². The van der Waals surface area contributed by atoms with E-state index in [0.717, 1.165) is 0 Å². The quantitative estimate of drug-likeness (QED) is 0.359. The Morgan fingerprint density at radius 2 is 0.909 bits per heavy atom. The number of carboxylic acid groups (broad SMARTS) is 2. The first-order valence-electron chi connectivity index (χ1n) is 1.76. The molecule has 0 atom stereocenters. The Labute approximate surface area is 83.2 Å². The van der Waals surface area contributed by atoms with Gasteiger partial charge in [-0.15, -0.1) is 0 Å². The number of carbonyl (C=O) groups is 2. The Bertz CT molecular complexity index is 50.5. The Balaban J connectivity index is -0.0000000144. The van der Waals surface area contributed by atoms with E-state index in [1.165, 1.54) is 0 Å². The van der Waals surface area contributed by atoms with Crippen LogP contribution in [0.2, 0.25) is 0 Å². The molecular formula is C6H8O4Sn. The zero-order valence-corrected chi connectivity index (χ0v) is 8.71. The molecule has 60 valence electrons. The van der Waals surface area contributed by atoms with E-state index in [2.05, 4.69) is 26.3 Å².